The topological polar surface area (TPSA) is 190 Å². The molecule has 1 saturated carbocycles. The van der Waals surface area contributed by atoms with Crippen LogP contribution >= 0.6 is 0 Å². The molecule has 5 aliphatic heterocycles. The maximum atomic E-state index is 16.9. The Balaban J connectivity index is 0.803. The number of benzene rings is 4. The Morgan fingerprint density at radius 1 is 0.884 bits per heavy atom. The highest BCUT2D eigenvalue weighted by Gasteiger charge is 2.48. The molecule has 20 heteroatoms. The van der Waals surface area contributed by atoms with E-state index >= 15 is 4.39 Å². The number of carbonyl (C=O) groups excluding carboxylic acids is 3. The van der Waals surface area contributed by atoms with Crippen LogP contribution in [0, 0.1) is 18.7 Å². The lowest BCUT2D eigenvalue weighted by Gasteiger charge is -2.36. The van der Waals surface area contributed by atoms with Gasteiger partial charge in [-0.05, 0) is 163 Å². The number of hydrogen-bond donors (Lipinski definition) is 1. The Morgan fingerprint density at radius 3 is 2.36 bits per heavy atom. The first-order valence-electron chi connectivity index (χ1n) is 30.7. The number of nitrogens with zero attached hydrogens (tertiary/aromatic N) is 9. The lowest BCUT2D eigenvalue weighted by atomic mass is 9.88. The maximum Gasteiger partial charge on any atom is 0.410 e. The molecule has 4 aromatic carbocycles. The number of halogens is 1. The first-order valence-corrected chi connectivity index (χ1v) is 30.7. The number of likely N-dealkylation sites (tertiary alicyclic amines) is 2. The molecule has 452 valence electrons. The number of methoxy groups -OCH3 is 1. The molecule has 8 heterocycles. The van der Waals surface area contributed by atoms with E-state index in [0.717, 1.165) is 102 Å². The van der Waals surface area contributed by atoms with Crippen molar-refractivity contribution >= 4 is 56.6 Å². The summed E-state index contributed by atoms with van der Waals surface area (Å²) in [6.07, 6.45) is 9.58. The summed E-state index contributed by atoms with van der Waals surface area (Å²) in [5, 5.41) is 9.25. The molecule has 86 heavy (non-hydrogen) atoms. The Kier molecular flexibility index (Phi) is 15.2. The molecule has 6 aliphatic rings. The number of amides is 3. The van der Waals surface area contributed by atoms with Crippen molar-refractivity contribution in [2.24, 2.45) is 13.0 Å². The number of carbonyl (C=O) groups is 3. The maximum absolute atomic E-state index is 16.9. The number of aryl methyl sites for hydroxylation is 1. The van der Waals surface area contributed by atoms with Gasteiger partial charge in [-0.25, -0.2) is 18.7 Å². The summed E-state index contributed by atoms with van der Waals surface area (Å²) in [6, 6.07) is 17.2. The highest BCUT2D eigenvalue weighted by molar-refractivity contribution is 6.06. The molecular weight excluding hydrogens is 1100 g/mol. The van der Waals surface area contributed by atoms with Gasteiger partial charge in [0.25, 0.3) is 5.91 Å². The lowest BCUT2D eigenvalue weighted by Crippen LogP contribution is -2.50. The van der Waals surface area contributed by atoms with Gasteiger partial charge < -0.3 is 43.7 Å². The van der Waals surface area contributed by atoms with Gasteiger partial charge in [-0.2, -0.15) is 15.1 Å². The van der Waals surface area contributed by atoms with Crippen LogP contribution in [0.2, 0.25) is 0 Å². The summed E-state index contributed by atoms with van der Waals surface area (Å²) < 4.78 is 53.5. The zero-order valence-corrected chi connectivity index (χ0v) is 50.3. The molecular formula is C66H77FN10O9. The van der Waals surface area contributed by atoms with Gasteiger partial charge in [0.05, 0.1) is 47.0 Å². The smallest absolute Gasteiger partial charge is 0.410 e. The van der Waals surface area contributed by atoms with Crippen LogP contribution in [0.25, 0.3) is 44.0 Å². The molecule has 3 amide bonds. The van der Waals surface area contributed by atoms with Crippen LogP contribution < -0.4 is 25.4 Å². The molecule has 0 spiro atoms. The number of aromatic nitrogens is 6. The highest BCUT2D eigenvalue weighted by Crippen LogP contribution is 2.54. The normalized spacial score (nSPS) is 21.5. The summed E-state index contributed by atoms with van der Waals surface area (Å²) in [7, 11) is 3.41. The highest BCUT2D eigenvalue weighted by atomic mass is 19.1. The second-order valence-electron chi connectivity index (χ2n) is 25.6. The second-order valence-corrected chi connectivity index (χ2v) is 25.6. The van der Waals surface area contributed by atoms with Crippen LogP contribution in [0.15, 0.2) is 77.9 Å². The van der Waals surface area contributed by atoms with Crippen molar-refractivity contribution in [3.05, 3.63) is 117 Å². The van der Waals surface area contributed by atoms with Crippen molar-refractivity contribution in [1.82, 2.24) is 44.0 Å². The van der Waals surface area contributed by atoms with Gasteiger partial charge in [-0.1, -0.05) is 24.8 Å². The monoisotopic (exact) mass is 1170 g/mol. The van der Waals surface area contributed by atoms with Gasteiger partial charge in [0.1, 0.15) is 36.0 Å². The summed E-state index contributed by atoms with van der Waals surface area (Å²) in [5.74, 6) is 1.14. The van der Waals surface area contributed by atoms with E-state index in [-0.39, 0.29) is 85.0 Å². The lowest BCUT2D eigenvalue weighted by molar-refractivity contribution is -0.121. The zero-order chi connectivity index (χ0) is 59.9. The van der Waals surface area contributed by atoms with Crippen molar-refractivity contribution in [2.75, 3.05) is 51.4 Å². The van der Waals surface area contributed by atoms with Crippen molar-refractivity contribution in [2.45, 2.75) is 154 Å². The number of anilines is 1. The van der Waals surface area contributed by atoms with E-state index in [1.807, 2.05) is 85.6 Å². The van der Waals surface area contributed by atoms with Crippen LogP contribution in [-0.2, 0) is 39.1 Å². The summed E-state index contributed by atoms with van der Waals surface area (Å²) in [4.78, 5) is 69.7. The number of ether oxygens (including phenoxy) is 5. The summed E-state index contributed by atoms with van der Waals surface area (Å²) >= 11 is 0. The summed E-state index contributed by atoms with van der Waals surface area (Å²) in [6.45, 7) is 16.5. The fraction of sp³-hybridized carbons (Fsp3) is 0.500. The molecule has 2 bridgehead atoms. The molecule has 13 rings (SSSR count). The molecule has 3 aromatic heterocycles. The number of hydrogen-bond acceptors (Lipinski definition) is 13. The van der Waals surface area contributed by atoms with E-state index in [1.165, 1.54) is 0 Å². The van der Waals surface area contributed by atoms with E-state index in [0.29, 0.717) is 96.5 Å². The molecule has 6 fully saturated rings. The molecule has 1 N–H and O–H groups in total. The van der Waals surface area contributed by atoms with Gasteiger partial charge in [-0.3, -0.25) is 18.7 Å². The van der Waals surface area contributed by atoms with Gasteiger partial charge >= 0.3 is 17.8 Å². The average Bonchev–Trinajstić information content (AvgIpc) is 1.59. The fourth-order valence-corrected chi connectivity index (χ4v) is 13.7. The van der Waals surface area contributed by atoms with Crippen LogP contribution in [0.4, 0.5) is 15.0 Å². The van der Waals surface area contributed by atoms with Crippen molar-refractivity contribution in [1.29, 1.82) is 0 Å². The fourth-order valence-electron chi connectivity index (χ4n) is 13.7. The molecule has 19 nitrogen and oxygen atoms in total. The predicted molar refractivity (Wildman–Crippen MR) is 324 cm³/mol. The molecule has 0 radical (unpaired) electrons. The van der Waals surface area contributed by atoms with Crippen LogP contribution in [0.3, 0.4) is 0 Å². The summed E-state index contributed by atoms with van der Waals surface area (Å²) in [5.41, 5.74) is 7.96. The molecule has 5 saturated heterocycles. The Morgan fingerprint density at radius 2 is 1.66 bits per heavy atom. The number of nitrogens with one attached hydrogen (secondary N) is 1. The van der Waals surface area contributed by atoms with Gasteiger partial charge in [0.15, 0.2) is 12.0 Å². The third kappa shape index (κ3) is 10.8. The van der Waals surface area contributed by atoms with Crippen LogP contribution in [0.5, 0.6) is 11.8 Å². The molecule has 7 aromatic rings. The van der Waals surface area contributed by atoms with E-state index in [9.17, 15) is 19.2 Å². The number of piperazine rings is 1. The van der Waals surface area contributed by atoms with E-state index in [1.54, 1.807) is 29.4 Å². The minimum absolute atomic E-state index is 0.0336. The Hall–Kier alpha value is -7.84. The molecule has 1 aliphatic carbocycles. The van der Waals surface area contributed by atoms with Gasteiger partial charge in [0.2, 0.25) is 5.91 Å². The van der Waals surface area contributed by atoms with E-state index in [4.69, 9.17) is 38.8 Å². The number of rotatable bonds is 15. The van der Waals surface area contributed by atoms with E-state index < -0.39 is 5.60 Å². The van der Waals surface area contributed by atoms with Crippen LogP contribution in [0.1, 0.15) is 143 Å². The van der Waals surface area contributed by atoms with Crippen molar-refractivity contribution in [3.8, 4) is 22.9 Å². The first-order chi connectivity index (χ1) is 41.4. The predicted octanol–water partition coefficient (Wildman–Crippen LogP) is 10.6. The van der Waals surface area contributed by atoms with Crippen molar-refractivity contribution in [3.63, 3.8) is 0 Å². The van der Waals surface area contributed by atoms with Crippen LogP contribution in [-0.4, -0.2) is 127 Å². The quantitative estimate of drug-likeness (QED) is 0.102. The third-order valence-corrected chi connectivity index (χ3v) is 18.5. The minimum Gasteiger partial charge on any atom is -0.486 e. The van der Waals surface area contributed by atoms with Crippen molar-refractivity contribution < 1.29 is 42.5 Å². The van der Waals surface area contributed by atoms with Gasteiger partial charge in [0, 0.05) is 92.6 Å². The number of allylic oxidation sites excluding steroid dienone is 1. The zero-order valence-electron chi connectivity index (χ0n) is 50.3. The minimum atomic E-state index is -0.636. The standard InChI is InChI=1S/C66H77FN10O9/c1-37(82-8)35-85-63-70-59-48(61(71-63)74-33-46-29-45(74)34-75(46)65(81)86-66(4,5)6)30-47(43-17-18-43)58(57-38(2)50(67)31-53-49(57)32-68-77(53)56-11-9-10-26-83-56)60(59)84-36-41-12-15-44(16-13-41)62(79)73-24-22-40(23-25-73)27-42-14-19-52-54(28-42)72(7)64(80)76(52)51-20-21-55(78)69-39(51)3/h12-16,19,28,30-32,37,40,43,45-46,51,56H,3,9-11,17-18,20-27,29,33-36H2,1-2,4-8H3,(H,69,78)/t37-,45-,46-,51?,56?/m0/s1. The van der Waals surface area contributed by atoms with E-state index in [2.05, 4.69) is 35.0 Å². The molecule has 2 unspecified atom stereocenters. The number of piperidine rings is 2. The SMILES string of the molecule is C=C1NC(=O)CCC1n1c(=O)n(C)c2cc(CC3CCN(C(=O)c4ccc(COc5c(-c6c(C)c(F)cc7c6cnn7C6CCCCO6)c(C6CC6)cc6c(N7C[C@@H]8C[C@H]7CN8C(=O)OC(C)(C)C)nc(OC[C@H](C)OC)nc56)cc4)CC3)ccc21. The third-order valence-electron chi connectivity index (χ3n) is 18.5. The Bertz CT molecular complexity index is 3890. The van der Waals surface area contributed by atoms with Gasteiger partial charge in [-0.15, -0.1) is 0 Å². The number of fused-ring (bicyclic) bond motifs is 5. The molecule has 5 atom stereocenters. The Labute approximate surface area is 499 Å². The first kappa shape index (κ1) is 57.2. The largest absolute Gasteiger partial charge is 0.486 e. The second kappa shape index (κ2) is 22.8. The number of imidazole rings is 1. The average molecular weight is 1170 g/mol.